The molecule has 0 amide bonds. The van der Waals surface area contributed by atoms with Gasteiger partial charge in [-0.3, -0.25) is 4.79 Å². The Bertz CT molecular complexity index is 431. The van der Waals surface area contributed by atoms with Gasteiger partial charge in [0.2, 0.25) is 0 Å². The van der Waals surface area contributed by atoms with Gasteiger partial charge in [0, 0.05) is 36.0 Å². The molecule has 0 spiro atoms. The molecule has 0 saturated carbocycles. The van der Waals surface area contributed by atoms with Crippen LogP contribution >= 0.6 is 0 Å². The molecule has 4 N–H and O–H groups in total. The molecule has 0 aromatic carbocycles. The van der Waals surface area contributed by atoms with Crippen molar-refractivity contribution < 1.29 is 14.3 Å². The molecule has 1 atom stereocenters. The zero-order valence-corrected chi connectivity index (χ0v) is 21.8. The Kier molecular flexibility index (Phi) is 26.7. The van der Waals surface area contributed by atoms with E-state index in [-0.39, 0.29) is 29.6 Å². The molecule has 0 aliphatic rings. The number of allylic oxidation sites excluding steroid dienone is 2. The molecule has 171 valence electrons. The molecule has 0 aliphatic heterocycles. The predicted octanol–water partition coefficient (Wildman–Crippen LogP) is 5.17. The minimum absolute atomic E-state index is 0. The van der Waals surface area contributed by atoms with E-state index in [0.29, 0.717) is 19.4 Å². The number of carbonyl (C=O) groups is 2. The summed E-state index contributed by atoms with van der Waals surface area (Å²) in [5, 5.41) is 0. The largest absolute Gasteiger partial charge is 0.392 e. The number of unbranched alkanes of at least 4 members (excludes halogenated alkanes) is 12. The fourth-order valence-electron chi connectivity index (χ4n) is 3.21. The second-order valence-corrected chi connectivity index (χ2v) is 8.02. The van der Waals surface area contributed by atoms with Gasteiger partial charge < -0.3 is 16.2 Å². The smallest absolute Gasteiger partial charge is 0.330 e. The maximum Gasteiger partial charge on any atom is 0.330 e. The van der Waals surface area contributed by atoms with Gasteiger partial charge in [-0.1, -0.05) is 76.9 Å². The second kappa shape index (κ2) is 25.1. The fourth-order valence-corrected chi connectivity index (χ4v) is 3.21. The molecule has 0 fully saturated rings. The molecule has 0 unspecified atom stereocenters. The molecular formula is C24H46N2NaO3. The van der Waals surface area contributed by atoms with Gasteiger partial charge in [-0.25, -0.2) is 4.79 Å². The van der Waals surface area contributed by atoms with Crippen LogP contribution in [-0.2, 0) is 14.3 Å². The van der Waals surface area contributed by atoms with Crippen molar-refractivity contribution in [3.63, 3.8) is 0 Å². The number of ether oxygens (including phenoxy) is 1. The van der Waals surface area contributed by atoms with Crippen LogP contribution in [-0.4, -0.2) is 54.1 Å². The maximum atomic E-state index is 11.7. The summed E-state index contributed by atoms with van der Waals surface area (Å²) in [5.41, 5.74) is 11.1. The minimum atomic E-state index is -0.723. The minimum Gasteiger partial charge on any atom is -0.392 e. The SMILES string of the molecule is CCCCCCCCC=CCCCCCCCC(=O)OC(=O)[C@@H](N)CCCCN.[Na]. The van der Waals surface area contributed by atoms with Crippen LogP contribution < -0.4 is 11.5 Å². The standard InChI is InChI=1S/C24H46N2O3.Na/c1-2-3-4-5-6-7-8-9-10-11-12-13-14-15-16-20-23(27)29-24(28)22(26)19-17-18-21-25;/h9-10,22H,2-8,11-21,25-26H2,1H3;/t22-;/m0./s1. The summed E-state index contributed by atoms with van der Waals surface area (Å²) in [5.74, 6) is -1.07. The van der Waals surface area contributed by atoms with Gasteiger partial charge in [0.15, 0.2) is 0 Å². The van der Waals surface area contributed by atoms with Crippen molar-refractivity contribution >= 4 is 41.5 Å². The number of carbonyl (C=O) groups excluding carboxylic acids is 2. The van der Waals surface area contributed by atoms with E-state index in [1.165, 1.54) is 57.8 Å². The van der Waals surface area contributed by atoms with E-state index in [2.05, 4.69) is 19.1 Å². The summed E-state index contributed by atoms with van der Waals surface area (Å²) in [4.78, 5) is 23.4. The van der Waals surface area contributed by atoms with Crippen molar-refractivity contribution in [1.29, 1.82) is 0 Å². The Hall–Kier alpha value is -0.200. The third-order valence-corrected chi connectivity index (χ3v) is 5.13. The molecule has 0 rings (SSSR count). The van der Waals surface area contributed by atoms with E-state index in [1.54, 1.807) is 0 Å². The average molecular weight is 434 g/mol. The first-order valence-electron chi connectivity index (χ1n) is 12.0. The first-order valence-corrected chi connectivity index (χ1v) is 12.0. The van der Waals surface area contributed by atoms with Crippen LogP contribution in [0.4, 0.5) is 0 Å². The van der Waals surface area contributed by atoms with E-state index in [1.807, 2.05) is 0 Å². The molecule has 0 aromatic rings. The molecule has 5 nitrogen and oxygen atoms in total. The second-order valence-electron chi connectivity index (χ2n) is 8.02. The zero-order valence-electron chi connectivity index (χ0n) is 19.8. The van der Waals surface area contributed by atoms with E-state index < -0.39 is 18.0 Å². The van der Waals surface area contributed by atoms with Crippen LogP contribution in [0, 0.1) is 0 Å². The summed E-state index contributed by atoms with van der Waals surface area (Å²) in [7, 11) is 0. The molecule has 1 radical (unpaired) electrons. The van der Waals surface area contributed by atoms with Gasteiger partial charge in [-0.05, 0) is 51.5 Å². The molecule has 0 bridgehead atoms. The molecule has 0 aliphatic carbocycles. The number of esters is 2. The third-order valence-electron chi connectivity index (χ3n) is 5.13. The third kappa shape index (κ3) is 22.5. The Morgan fingerprint density at radius 1 is 0.800 bits per heavy atom. The normalized spacial score (nSPS) is 12.0. The van der Waals surface area contributed by atoms with Gasteiger partial charge in [0.05, 0.1) is 0 Å². The Labute approximate surface area is 207 Å². The summed E-state index contributed by atoms with van der Waals surface area (Å²) in [6, 6.07) is -0.723. The number of rotatable bonds is 20. The van der Waals surface area contributed by atoms with Crippen LogP contribution in [0.3, 0.4) is 0 Å². The van der Waals surface area contributed by atoms with Crippen LogP contribution in [0.2, 0.25) is 0 Å². The summed E-state index contributed by atoms with van der Waals surface area (Å²) >= 11 is 0. The van der Waals surface area contributed by atoms with E-state index in [4.69, 9.17) is 16.2 Å². The van der Waals surface area contributed by atoms with Gasteiger partial charge in [0.25, 0.3) is 0 Å². The van der Waals surface area contributed by atoms with E-state index >= 15 is 0 Å². The van der Waals surface area contributed by atoms with Crippen molar-refractivity contribution in [1.82, 2.24) is 0 Å². The van der Waals surface area contributed by atoms with Crippen LogP contribution in [0.15, 0.2) is 12.2 Å². The summed E-state index contributed by atoms with van der Waals surface area (Å²) in [6.45, 7) is 2.83. The molecule has 6 heteroatoms. The molecule has 0 saturated heterocycles. The zero-order chi connectivity index (χ0) is 21.6. The van der Waals surface area contributed by atoms with Gasteiger partial charge >= 0.3 is 11.9 Å². The average Bonchev–Trinajstić information content (AvgIpc) is 2.70. The van der Waals surface area contributed by atoms with Crippen molar-refractivity contribution in [2.45, 2.75) is 122 Å². The number of hydrogen-bond acceptors (Lipinski definition) is 5. The van der Waals surface area contributed by atoms with E-state index in [9.17, 15) is 9.59 Å². The number of hydrogen-bond donors (Lipinski definition) is 2. The maximum absolute atomic E-state index is 11.7. The van der Waals surface area contributed by atoms with Gasteiger partial charge in [-0.2, -0.15) is 0 Å². The topological polar surface area (TPSA) is 95.4 Å². The van der Waals surface area contributed by atoms with Crippen LogP contribution in [0.25, 0.3) is 0 Å². The monoisotopic (exact) mass is 433 g/mol. The summed E-state index contributed by atoms with van der Waals surface area (Å²) in [6.07, 6.45) is 22.8. The number of nitrogens with two attached hydrogens (primary N) is 2. The first-order chi connectivity index (χ1) is 14.1. The van der Waals surface area contributed by atoms with Crippen LogP contribution in [0.5, 0.6) is 0 Å². The van der Waals surface area contributed by atoms with Crippen molar-refractivity contribution in [2.24, 2.45) is 11.5 Å². The van der Waals surface area contributed by atoms with Gasteiger partial charge in [0.1, 0.15) is 6.04 Å². The molecular weight excluding hydrogens is 387 g/mol. The van der Waals surface area contributed by atoms with Gasteiger partial charge in [-0.15, -0.1) is 0 Å². The molecule has 0 heterocycles. The first kappa shape index (κ1) is 32.0. The molecule has 30 heavy (non-hydrogen) atoms. The van der Waals surface area contributed by atoms with Crippen molar-refractivity contribution in [3.8, 4) is 0 Å². The quantitative estimate of drug-likeness (QED) is 0.0908. The van der Waals surface area contributed by atoms with Crippen molar-refractivity contribution in [3.05, 3.63) is 12.2 Å². The van der Waals surface area contributed by atoms with Crippen LogP contribution in [0.1, 0.15) is 116 Å². The Morgan fingerprint density at radius 2 is 1.33 bits per heavy atom. The predicted molar refractivity (Wildman–Crippen MR) is 127 cm³/mol. The van der Waals surface area contributed by atoms with E-state index in [0.717, 1.165) is 38.5 Å². The fraction of sp³-hybridized carbons (Fsp3) is 0.833. The van der Waals surface area contributed by atoms with Crippen molar-refractivity contribution in [2.75, 3.05) is 6.54 Å². The summed E-state index contributed by atoms with van der Waals surface area (Å²) < 4.78 is 4.82. The Balaban J connectivity index is 0. The Morgan fingerprint density at radius 3 is 1.90 bits per heavy atom. The molecule has 0 aromatic heterocycles.